The quantitative estimate of drug-likeness (QED) is 0.0730. The van der Waals surface area contributed by atoms with Gasteiger partial charge in [0.2, 0.25) is 6.35 Å². The monoisotopic (exact) mass is 701 g/mol. The van der Waals surface area contributed by atoms with Crippen LogP contribution in [0.4, 0.5) is 0 Å². The molecular weight excluding hydrogens is 678 g/mol. The fraction of sp³-hybridized carbons (Fsp3) is 0.750. The van der Waals surface area contributed by atoms with Crippen molar-refractivity contribution in [2.45, 2.75) is 43.6 Å². The molecule has 7 atom stereocenters. The molecule has 1 saturated heterocycles. The summed E-state index contributed by atoms with van der Waals surface area (Å²) in [5.41, 5.74) is 5.35. The van der Waals surface area contributed by atoms with Crippen molar-refractivity contribution in [3.05, 3.63) is 9.78 Å². The second-order valence-corrected chi connectivity index (χ2v) is 14.9. The van der Waals surface area contributed by atoms with Crippen LogP contribution in [0.3, 0.4) is 0 Å². The minimum absolute atomic E-state index is 0.129. The van der Waals surface area contributed by atoms with E-state index in [2.05, 4.69) is 13.6 Å². The van der Waals surface area contributed by atoms with Crippen LogP contribution < -0.4 is 5.73 Å². The summed E-state index contributed by atoms with van der Waals surface area (Å²) in [6, 6.07) is 0. The molecular formula is C12H23IN3O13P3S2. The summed E-state index contributed by atoms with van der Waals surface area (Å²) in [5, 5.41) is 10.2. The zero-order valence-electron chi connectivity index (χ0n) is 17.4. The predicted octanol–water partition coefficient (Wildman–Crippen LogP) is 1.41. The van der Waals surface area contributed by atoms with E-state index >= 15 is 0 Å². The maximum atomic E-state index is 12.1. The summed E-state index contributed by atoms with van der Waals surface area (Å²) in [6.07, 6.45) is -0.419. The molecule has 0 aromatic heterocycles. The van der Waals surface area contributed by atoms with Crippen molar-refractivity contribution in [1.82, 2.24) is 4.90 Å². The van der Waals surface area contributed by atoms with E-state index in [4.69, 9.17) is 29.5 Å². The van der Waals surface area contributed by atoms with E-state index < -0.39 is 54.9 Å². The first-order chi connectivity index (χ1) is 15.5. The van der Waals surface area contributed by atoms with E-state index in [1.807, 2.05) is 28.8 Å². The van der Waals surface area contributed by atoms with Crippen LogP contribution in [0.5, 0.6) is 0 Å². The molecule has 7 N–H and O–H groups in total. The Morgan fingerprint density at radius 1 is 1.29 bits per heavy atom. The number of halogens is 1. The average Bonchev–Trinajstić information content (AvgIpc) is 3.02. The Balaban J connectivity index is 2.11. The second kappa shape index (κ2) is 12.5. The van der Waals surface area contributed by atoms with Crippen molar-refractivity contribution < 1.29 is 61.0 Å². The Hall–Kier alpha value is 0.730. The third-order valence-corrected chi connectivity index (χ3v) is 10.6. The molecule has 198 valence electrons. The van der Waals surface area contributed by atoms with Crippen LogP contribution in [-0.4, -0.2) is 78.5 Å². The van der Waals surface area contributed by atoms with E-state index in [1.54, 1.807) is 6.92 Å². The topological polar surface area (TPSA) is 240 Å². The summed E-state index contributed by atoms with van der Waals surface area (Å²) in [5.74, 6) is 0.129. The highest BCUT2D eigenvalue weighted by Crippen LogP contribution is 2.66. The SMILES string of the molecule is CSSC(C)OC1CC(N2C=C(I)C(N)=NC2O)OC1COP(=O)(O)OP(=O)(O)OP(=O)(O)O. The summed E-state index contributed by atoms with van der Waals surface area (Å²) in [4.78, 5) is 41.4. The van der Waals surface area contributed by atoms with Crippen LogP contribution in [0.1, 0.15) is 13.3 Å². The van der Waals surface area contributed by atoms with Crippen molar-refractivity contribution >= 4 is 73.5 Å². The van der Waals surface area contributed by atoms with Crippen LogP contribution in [0.15, 0.2) is 14.8 Å². The molecule has 0 amide bonds. The maximum absolute atomic E-state index is 12.1. The van der Waals surface area contributed by atoms with Gasteiger partial charge in [-0.25, -0.2) is 18.7 Å². The maximum Gasteiger partial charge on any atom is 0.490 e. The smallest absolute Gasteiger partial charge is 0.383 e. The third kappa shape index (κ3) is 9.89. The van der Waals surface area contributed by atoms with E-state index in [1.165, 1.54) is 32.7 Å². The average molecular weight is 701 g/mol. The summed E-state index contributed by atoms with van der Waals surface area (Å²) in [7, 11) is -13.7. The molecule has 0 bridgehead atoms. The number of aliphatic hydroxyl groups is 1. The number of hydrogen-bond donors (Lipinski definition) is 6. The Morgan fingerprint density at radius 3 is 2.53 bits per heavy atom. The van der Waals surface area contributed by atoms with E-state index in [-0.39, 0.29) is 17.7 Å². The lowest BCUT2D eigenvalue weighted by molar-refractivity contribution is -0.112. The molecule has 0 radical (unpaired) electrons. The van der Waals surface area contributed by atoms with E-state index in [0.717, 1.165) is 0 Å². The van der Waals surface area contributed by atoms with Crippen molar-refractivity contribution in [3.8, 4) is 0 Å². The van der Waals surface area contributed by atoms with Gasteiger partial charge >= 0.3 is 23.5 Å². The highest BCUT2D eigenvalue weighted by atomic mass is 127. The lowest BCUT2D eigenvalue weighted by Gasteiger charge is -2.32. The van der Waals surface area contributed by atoms with Gasteiger partial charge in [0, 0.05) is 12.6 Å². The number of phosphoric ester groups is 1. The second-order valence-electron chi connectivity index (χ2n) is 6.54. The molecule has 7 unspecified atom stereocenters. The van der Waals surface area contributed by atoms with E-state index in [9.17, 15) is 28.6 Å². The van der Waals surface area contributed by atoms with Gasteiger partial charge in [-0.2, -0.15) is 8.62 Å². The first-order valence-electron chi connectivity index (χ1n) is 8.97. The van der Waals surface area contributed by atoms with Gasteiger partial charge in [-0.3, -0.25) is 4.52 Å². The summed E-state index contributed by atoms with van der Waals surface area (Å²) in [6.45, 7) is 1.06. The standard InChI is InChI=1S/C12H23IN3O13P3S2/c1-6(34-33-2)26-8-3-10(16-4-7(13)11(14)15-12(16)17)27-9(8)5-25-31(21,22)29-32(23,24)28-30(18,19)20/h4,6,8-10,12,17H,3,5H2,1-2H3,(H2,14,15)(H,21,22)(H,23,24)(H2,18,19,20). The van der Waals surface area contributed by atoms with Gasteiger partial charge in [0.15, 0.2) is 0 Å². The fourth-order valence-corrected chi connectivity index (χ4v) is 7.70. The van der Waals surface area contributed by atoms with Gasteiger partial charge < -0.3 is 44.8 Å². The van der Waals surface area contributed by atoms with Gasteiger partial charge in [0.05, 0.1) is 16.3 Å². The number of hydrogen-bond acceptors (Lipinski definition) is 14. The summed E-state index contributed by atoms with van der Waals surface area (Å²) < 4.78 is 58.7. The van der Waals surface area contributed by atoms with Crippen molar-refractivity contribution in [2.24, 2.45) is 10.7 Å². The van der Waals surface area contributed by atoms with Crippen molar-refractivity contribution in [2.75, 3.05) is 12.9 Å². The zero-order valence-corrected chi connectivity index (χ0v) is 23.9. The van der Waals surface area contributed by atoms with Gasteiger partial charge in [-0.15, -0.1) is 0 Å². The Labute approximate surface area is 215 Å². The van der Waals surface area contributed by atoms with Crippen LogP contribution in [0.2, 0.25) is 0 Å². The highest BCUT2D eigenvalue weighted by Gasteiger charge is 2.45. The largest absolute Gasteiger partial charge is 0.490 e. The lowest BCUT2D eigenvalue weighted by atomic mass is 10.2. The number of aliphatic hydroxyl groups excluding tert-OH is 1. The number of aliphatic imine (C=N–C) groups is 1. The van der Waals surface area contributed by atoms with Crippen LogP contribution in [0.25, 0.3) is 0 Å². The number of nitrogens with zero attached hydrogens (tertiary/aromatic N) is 2. The van der Waals surface area contributed by atoms with E-state index in [0.29, 0.717) is 3.58 Å². The molecule has 0 aromatic rings. The Bertz CT molecular complexity index is 938. The molecule has 2 rings (SSSR count). The molecule has 2 aliphatic heterocycles. The minimum atomic E-state index is -5.65. The predicted molar refractivity (Wildman–Crippen MR) is 130 cm³/mol. The molecule has 2 heterocycles. The Morgan fingerprint density at radius 2 is 1.94 bits per heavy atom. The number of ether oxygens (including phenoxy) is 2. The van der Waals surface area contributed by atoms with Crippen LogP contribution in [-0.2, 0) is 36.3 Å². The number of rotatable bonds is 12. The van der Waals surface area contributed by atoms with Gasteiger partial charge in [-0.05, 0) is 35.8 Å². The molecule has 2 aliphatic rings. The van der Waals surface area contributed by atoms with Gasteiger partial charge in [0.25, 0.3) is 0 Å². The molecule has 0 saturated carbocycles. The molecule has 1 fully saturated rings. The highest BCUT2D eigenvalue weighted by molar-refractivity contribution is 14.1. The molecule has 0 aromatic carbocycles. The number of amidine groups is 1. The molecule has 0 spiro atoms. The number of nitrogens with two attached hydrogens (primary N) is 1. The normalized spacial score (nSPS) is 30.3. The molecule has 22 heteroatoms. The van der Waals surface area contributed by atoms with Crippen molar-refractivity contribution in [1.29, 1.82) is 0 Å². The van der Waals surface area contributed by atoms with Gasteiger partial charge in [0.1, 0.15) is 23.6 Å². The first-order valence-corrected chi connectivity index (χ1v) is 17.2. The lowest BCUT2D eigenvalue weighted by Crippen LogP contribution is -2.42. The third-order valence-electron chi connectivity index (χ3n) is 3.96. The molecule has 0 aliphatic carbocycles. The Kier molecular flexibility index (Phi) is 11.4. The first kappa shape index (κ1) is 31.0. The van der Waals surface area contributed by atoms with Crippen LogP contribution >= 0.6 is 67.6 Å². The summed E-state index contributed by atoms with van der Waals surface area (Å²) >= 11 is 1.92. The van der Waals surface area contributed by atoms with Gasteiger partial charge in [-0.1, -0.05) is 21.6 Å². The molecule has 16 nitrogen and oxygen atoms in total. The number of phosphoric acid groups is 3. The minimum Gasteiger partial charge on any atom is -0.383 e. The molecule has 34 heavy (non-hydrogen) atoms. The van der Waals surface area contributed by atoms with Crippen molar-refractivity contribution in [3.63, 3.8) is 0 Å². The fourth-order valence-electron chi connectivity index (χ4n) is 2.80. The zero-order chi connectivity index (χ0) is 25.9. The van der Waals surface area contributed by atoms with Crippen LogP contribution in [0, 0.1) is 0 Å².